The summed E-state index contributed by atoms with van der Waals surface area (Å²) < 4.78 is 0. The van der Waals surface area contributed by atoms with Crippen LogP contribution < -0.4 is 0 Å². The molecule has 2 fully saturated rings. The molecule has 2 rings (SSSR count). The zero-order valence-electron chi connectivity index (χ0n) is 10.6. The Morgan fingerprint density at radius 1 is 1.19 bits per heavy atom. The molecule has 2 aliphatic rings. The van der Waals surface area contributed by atoms with Gasteiger partial charge in [0, 0.05) is 0 Å². The number of rotatable bonds is 2. The molecule has 0 N–H and O–H groups in total. The van der Waals surface area contributed by atoms with Gasteiger partial charge in [-0.2, -0.15) is 0 Å². The summed E-state index contributed by atoms with van der Waals surface area (Å²) in [4.78, 5) is -1.33. The van der Waals surface area contributed by atoms with Gasteiger partial charge in [-0.3, -0.25) is 0 Å². The predicted molar refractivity (Wildman–Crippen MR) is 87.3 cm³/mol. The van der Waals surface area contributed by atoms with Gasteiger partial charge in [0.15, 0.2) is 0 Å². The van der Waals surface area contributed by atoms with Gasteiger partial charge in [0.05, 0.1) is 0 Å². The quantitative estimate of drug-likeness (QED) is 0.538. The van der Waals surface area contributed by atoms with Crippen LogP contribution in [0.5, 0.6) is 0 Å². The summed E-state index contributed by atoms with van der Waals surface area (Å²) in [6.07, 6.45) is 4.37. The summed E-state index contributed by atoms with van der Waals surface area (Å²) in [7, 11) is 0. The molecule has 0 spiro atoms. The molecule has 3 atom stereocenters. The maximum absolute atomic E-state index is 5.18. The third kappa shape index (κ3) is 2.90. The second kappa shape index (κ2) is 5.63. The fraction of sp³-hybridized carbons (Fsp3) is 1.00. The Morgan fingerprint density at radius 2 is 1.81 bits per heavy atom. The summed E-state index contributed by atoms with van der Waals surface area (Å²) in [5.74, 6) is 5.47. The Bertz CT molecular complexity index is 238. The molecule has 1 saturated heterocycles. The van der Waals surface area contributed by atoms with E-state index in [9.17, 15) is 0 Å². The van der Waals surface area contributed by atoms with E-state index in [1.54, 1.807) is 0 Å². The number of thiol groups is 1. The van der Waals surface area contributed by atoms with Crippen molar-refractivity contribution in [2.75, 3.05) is 11.5 Å². The van der Waals surface area contributed by atoms with Crippen LogP contribution in [0, 0.1) is 17.8 Å². The van der Waals surface area contributed by atoms with Crippen LogP contribution in [0.4, 0.5) is 0 Å². The Balaban J connectivity index is 2.13. The van der Waals surface area contributed by atoms with Crippen molar-refractivity contribution in [1.82, 2.24) is 0 Å². The van der Waals surface area contributed by atoms with E-state index in [1.165, 1.54) is 30.8 Å². The van der Waals surface area contributed by atoms with Crippen molar-refractivity contribution < 1.29 is 0 Å². The van der Waals surface area contributed by atoms with Crippen LogP contribution in [0.1, 0.15) is 40.0 Å². The second-order valence-electron chi connectivity index (χ2n) is 5.76. The van der Waals surface area contributed by atoms with Crippen molar-refractivity contribution in [3.63, 3.8) is 0 Å². The summed E-state index contributed by atoms with van der Waals surface area (Å²) >= 11 is 9.66. The SMILES string of the molecule is CC1CCC(C(C)C)C([PH]2(S)SCCS2)C1. The first-order chi connectivity index (χ1) is 7.53. The molecule has 0 bridgehead atoms. The van der Waals surface area contributed by atoms with Gasteiger partial charge in [-0.1, -0.05) is 0 Å². The molecule has 1 aliphatic carbocycles. The summed E-state index contributed by atoms with van der Waals surface area (Å²) in [5, 5.41) is 0. The van der Waals surface area contributed by atoms with Crippen molar-refractivity contribution in [2.24, 2.45) is 17.8 Å². The van der Waals surface area contributed by atoms with Crippen LogP contribution in [0.2, 0.25) is 0 Å². The number of hydrogen-bond donors (Lipinski definition) is 1. The minimum absolute atomic E-state index is 0.857. The van der Waals surface area contributed by atoms with Gasteiger partial charge in [0.1, 0.15) is 0 Å². The average Bonchev–Trinajstić information content (AvgIpc) is 2.66. The predicted octanol–water partition coefficient (Wildman–Crippen LogP) is 5.35. The average molecular weight is 297 g/mol. The van der Waals surface area contributed by atoms with E-state index in [1.807, 2.05) is 0 Å². The first kappa shape index (κ1) is 13.9. The van der Waals surface area contributed by atoms with Crippen molar-refractivity contribution in [3.8, 4) is 0 Å². The molecule has 4 heteroatoms. The Hall–Kier alpha value is 1.48. The van der Waals surface area contributed by atoms with E-state index < -0.39 is 4.87 Å². The van der Waals surface area contributed by atoms with Gasteiger partial charge in [-0.15, -0.1) is 0 Å². The zero-order chi connectivity index (χ0) is 11.8. The molecule has 0 aromatic heterocycles. The summed E-state index contributed by atoms with van der Waals surface area (Å²) in [5.41, 5.74) is 0.956. The van der Waals surface area contributed by atoms with Crippen LogP contribution in [0.3, 0.4) is 0 Å². The maximum atomic E-state index is 5.18. The first-order valence-electron chi connectivity index (χ1n) is 6.53. The molecule has 0 amide bonds. The summed E-state index contributed by atoms with van der Waals surface area (Å²) in [6, 6.07) is 0. The molecule has 1 aliphatic heterocycles. The van der Waals surface area contributed by atoms with Gasteiger partial charge in [0.25, 0.3) is 0 Å². The molecule has 0 nitrogen and oxygen atoms in total. The molecular weight excluding hydrogens is 271 g/mol. The van der Waals surface area contributed by atoms with Crippen LogP contribution in [0.25, 0.3) is 0 Å². The molecule has 0 aromatic rings. The van der Waals surface area contributed by atoms with E-state index in [4.69, 9.17) is 12.2 Å². The van der Waals surface area contributed by atoms with Crippen molar-refractivity contribution in [1.29, 1.82) is 0 Å². The Labute approximate surface area is 114 Å². The van der Waals surface area contributed by atoms with Crippen LogP contribution in [0.15, 0.2) is 0 Å². The molecule has 16 heavy (non-hydrogen) atoms. The fourth-order valence-electron chi connectivity index (χ4n) is 3.25. The van der Waals surface area contributed by atoms with Gasteiger partial charge in [-0.05, 0) is 0 Å². The number of hydrogen-bond acceptors (Lipinski definition) is 3. The van der Waals surface area contributed by atoms with E-state index in [0.29, 0.717) is 0 Å². The van der Waals surface area contributed by atoms with Crippen molar-refractivity contribution in [2.45, 2.75) is 45.7 Å². The van der Waals surface area contributed by atoms with Gasteiger partial charge >= 0.3 is 115 Å². The van der Waals surface area contributed by atoms with E-state index in [-0.39, 0.29) is 0 Å². The van der Waals surface area contributed by atoms with Crippen LogP contribution in [-0.2, 0) is 0 Å². The van der Waals surface area contributed by atoms with Gasteiger partial charge in [-0.25, -0.2) is 0 Å². The van der Waals surface area contributed by atoms with Crippen molar-refractivity contribution >= 4 is 39.9 Å². The molecule has 3 unspecified atom stereocenters. The third-order valence-corrected chi connectivity index (χ3v) is 18.7. The first-order valence-corrected chi connectivity index (χ1v) is 13.3. The van der Waals surface area contributed by atoms with Gasteiger partial charge in [0.2, 0.25) is 0 Å². The normalized spacial score (nSPS) is 41.2. The van der Waals surface area contributed by atoms with E-state index >= 15 is 0 Å². The second-order valence-corrected chi connectivity index (χ2v) is 19.5. The van der Waals surface area contributed by atoms with Crippen LogP contribution >= 0.6 is 39.9 Å². The van der Waals surface area contributed by atoms with Crippen LogP contribution in [-0.4, -0.2) is 17.2 Å². The topological polar surface area (TPSA) is 0 Å². The molecule has 1 heterocycles. The molecular formula is C12H25PS3. The van der Waals surface area contributed by atoms with E-state index in [0.717, 1.165) is 23.4 Å². The third-order valence-electron chi connectivity index (χ3n) is 4.19. The molecule has 0 radical (unpaired) electrons. The Kier molecular flexibility index (Phi) is 4.89. The fourth-order valence-corrected chi connectivity index (χ4v) is 18.0. The monoisotopic (exact) mass is 296 g/mol. The van der Waals surface area contributed by atoms with Gasteiger partial charge < -0.3 is 0 Å². The Morgan fingerprint density at radius 3 is 2.38 bits per heavy atom. The summed E-state index contributed by atoms with van der Waals surface area (Å²) in [6.45, 7) is 7.28. The molecule has 96 valence electrons. The van der Waals surface area contributed by atoms with E-state index in [2.05, 4.69) is 43.5 Å². The minimum atomic E-state index is -1.33. The molecule has 1 saturated carbocycles. The van der Waals surface area contributed by atoms with Crippen molar-refractivity contribution in [3.05, 3.63) is 0 Å². The zero-order valence-corrected chi connectivity index (χ0v) is 14.1. The molecule has 0 aromatic carbocycles. The standard InChI is InChI=1S/C12H25PS3/c1-9(2)11-5-4-10(3)8-12(11)13(14)15-6-7-16-13/h9-14H,4-8H2,1-3H3.